The van der Waals surface area contributed by atoms with Gasteiger partial charge in [-0.2, -0.15) is 5.26 Å². The first kappa shape index (κ1) is 22.3. The van der Waals surface area contributed by atoms with Gasteiger partial charge in [0.25, 0.3) is 0 Å². The zero-order valence-corrected chi connectivity index (χ0v) is 18.9. The SMILES string of the molecule is C[C@@H](Oc1cc(Br)cnc1NO)c1cc(F)ccc1-c1nccnc1Cn1cnc(C#N)c1. The third-order valence-electron chi connectivity index (χ3n) is 4.79. The van der Waals surface area contributed by atoms with E-state index in [9.17, 15) is 9.60 Å². The van der Waals surface area contributed by atoms with Crippen molar-refractivity contribution >= 4 is 21.7 Å². The molecule has 11 heteroatoms. The van der Waals surface area contributed by atoms with Crippen LogP contribution in [0.25, 0.3) is 11.3 Å². The van der Waals surface area contributed by atoms with Gasteiger partial charge in [0.2, 0.25) is 0 Å². The van der Waals surface area contributed by atoms with Crippen LogP contribution in [0.15, 0.2) is 59.9 Å². The van der Waals surface area contributed by atoms with Crippen molar-refractivity contribution in [3.05, 3.63) is 82.6 Å². The second kappa shape index (κ2) is 9.72. The van der Waals surface area contributed by atoms with Crippen molar-refractivity contribution < 1.29 is 14.3 Å². The number of halogens is 2. The van der Waals surface area contributed by atoms with Crippen molar-refractivity contribution in [1.82, 2.24) is 24.5 Å². The number of aromatic nitrogens is 5. The Morgan fingerprint density at radius 1 is 1.24 bits per heavy atom. The molecule has 9 nitrogen and oxygen atoms in total. The monoisotopic (exact) mass is 509 g/mol. The molecular formula is C22H17BrFN7O2. The quantitative estimate of drug-likeness (QED) is 0.349. The summed E-state index contributed by atoms with van der Waals surface area (Å²) in [5.74, 6) is -0.0382. The molecule has 0 spiro atoms. The van der Waals surface area contributed by atoms with E-state index in [4.69, 9.17) is 10.00 Å². The first-order chi connectivity index (χ1) is 16.0. The van der Waals surface area contributed by atoms with Gasteiger partial charge >= 0.3 is 0 Å². The maximum atomic E-state index is 14.3. The maximum absolute atomic E-state index is 14.3. The van der Waals surface area contributed by atoms with Crippen LogP contribution in [-0.4, -0.2) is 29.7 Å². The Hall–Kier alpha value is -3.88. The number of anilines is 1. The van der Waals surface area contributed by atoms with Gasteiger partial charge in [-0.1, -0.05) is 0 Å². The van der Waals surface area contributed by atoms with Crippen molar-refractivity contribution in [2.45, 2.75) is 19.6 Å². The normalized spacial score (nSPS) is 11.6. The highest BCUT2D eigenvalue weighted by atomic mass is 79.9. The third kappa shape index (κ3) is 4.97. The fourth-order valence-electron chi connectivity index (χ4n) is 3.32. The molecule has 0 amide bonds. The van der Waals surface area contributed by atoms with Gasteiger partial charge in [-0.05, 0) is 47.1 Å². The highest BCUT2D eigenvalue weighted by molar-refractivity contribution is 9.10. The number of nitrogens with zero attached hydrogens (tertiary/aromatic N) is 6. The van der Waals surface area contributed by atoms with Crippen LogP contribution in [0.2, 0.25) is 0 Å². The first-order valence-corrected chi connectivity index (χ1v) is 10.5. The first-order valence-electron chi connectivity index (χ1n) is 9.72. The van der Waals surface area contributed by atoms with Crippen molar-refractivity contribution in [1.29, 1.82) is 5.26 Å². The zero-order valence-electron chi connectivity index (χ0n) is 17.3. The fraction of sp³-hybridized carbons (Fsp3) is 0.136. The number of benzene rings is 1. The van der Waals surface area contributed by atoms with Crippen molar-refractivity contribution in [2.75, 3.05) is 5.48 Å². The molecule has 0 aliphatic carbocycles. The zero-order chi connectivity index (χ0) is 23.4. The Balaban J connectivity index is 1.72. The van der Waals surface area contributed by atoms with Crippen molar-refractivity contribution in [2.24, 2.45) is 0 Å². The lowest BCUT2D eigenvalue weighted by atomic mass is 9.98. The Kier molecular flexibility index (Phi) is 6.58. The molecule has 0 radical (unpaired) electrons. The van der Waals surface area contributed by atoms with Crippen LogP contribution in [-0.2, 0) is 6.54 Å². The Morgan fingerprint density at radius 2 is 2.06 bits per heavy atom. The summed E-state index contributed by atoms with van der Waals surface area (Å²) in [5.41, 5.74) is 4.61. The van der Waals surface area contributed by atoms with E-state index in [0.29, 0.717) is 39.2 Å². The summed E-state index contributed by atoms with van der Waals surface area (Å²) >= 11 is 3.32. The second-order valence-electron chi connectivity index (χ2n) is 7.00. The lowest BCUT2D eigenvalue weighted by Gasteiger charge is -2.20. The molecule has 33 heavy (non-hydrogen) atoms. The second-order valence-corrected chi connectivity index (χ2v) is 7.91. The van der Waals surface area contributed by atoms with Gasteiger partial charge in [0, 0.05) is 40.4 Å². The third-order valence-corrected chi connectivity index (χ3v) is 5.22. The van der Waals surface area contributed by atoms with Gasteiger partial charge in [-0.15, -0.1) is 0 Å². The smallest absolute Gasteiger partial charge is 0.192 e. The summed E-state index contributed by atoms with van der Waals surface area (Å²) in [4.78, 5) is 17.0. The van der Waals surface area contributed by atoms with E-state index in [2.05, 4.69) is 35.9 Å². The molecule has 166 valence electrons. The summed E-state index contributed by atoms with van der Waals surface area (Å²) in [6, 6.07) is 7.97. The molecule has 0 saturated carbocycles. The minimum absolute atomic E-state index is 0.122. The van der Waals surface area contributed by atoms with Gasteiger partial charge in [-0.25, -0.2) is 19.8 Å². The van der Waals surface area contributed by atoms with Crippen LogP contribution in [0.5, 0.6) is 5.75 Å². The van der Waals surface area contributed by atoms with Crippen LogP contribution >= 0.6 is 15.9 Å². The molecule has 0 saturated heterocycles. The number of hydrogen-bond donors (Lipinski definition) is 2. The molecule has 4 aromatic rings. The number of rotatable bonds is 7. The van der Waals surface area contributed by atoms with E-state index in [-0.39, 0.29) is 11.6 Å². The fourth-order valence-corrected chi connectivity index (χ4v) is 3.63. The van der Waals surface area contributed by atoms with E-state index in [0.717, 1.165) is 0 Å². The molecule has 4 rings (SSSR count). The van der Waals surface area contributed by atoms with Crippen LogP contribution in [0, 0.1) is 17.1 Å². The van der Waals surface area contributed by atoms with Crippen LogP contribution < -0.4 is 10.2 Å². The van der Waals surface area contributed by atoms with Crippen molar-refractivity contribution in [3.63, 3.8) is 0 Å². The van der Waals surface area contributed by atoms with E-state index in [1.54, 1.807) is 42.2 Å². The number of ether oxygens (including phenoxy) is 1. The molecule has 3 heterocycles. The highest BCUT2D eigenvalue weighted by Crippen LogP contribution is 2.35. The van der Waals surface area contributed by atoms with Crippen LogP contribution in [0.1, 0.15) is 30.0 Å². The van der Waals surface area contributed by atoms with Gasteiger partial charge in [-0.3, -0.25) is 15.2 Å². The van der Waals surface area contributed by atoms with E-state index < -0.39 is 11.9 Å². The molecule has 0 aliphatic rings. The lowest BCUT2D eigenvalue weighted by molar-refractivity contribution is 0.225. The summed E-state index contributed by atoms with van der Waals surface area (Å²) in [6.07, 6.45) is 7.14. The molecule has 1 atom stereocenters. The molecule has 2 N–H and O–H groups in total. The highest BCUT2D eigenvalue weighted by Gasteiger charge is 2.20. The number of pyridine rings is 1. The van der Waals surface area contributed by atoms with Crippen LogP contribution in [0.3, 0.4) is 0 Å². The summed E-state index contributed by atoms with van der Waals surface area (Å²) in [7, 11) is 0. The van der Waals surface area contributed by atoms with E-state index >= 15 is 0 Å². The average Bonchev–Trinajstić information content (AvgIpc) is 3.27. The van der Waals surface area contributed by atoms with Gasteiger partial charge in [0.1, 0.15) is 18.0 Å². The Labute approximate surface area is 196 Å². The average molecular weight is 510 g/mol. The van der Waals surface area contributed by atoms with Gasteiger partial charge in [0.15, 0.2) is 17.3 Å². The predicted molar refractivity (Wildman–Crippen MR) is 120 cm³/mol. The predicted octanol–water partition coefficient (Wildman–Crippen LogP) is 4.50. The van der Waals surface area contributed by atoms with E-state index in [1.807, 2.05) is 11.5 Å². The Morgan fingerprint density at radius 3 is 2.82 bits per heavy atom. The molecule has 0 fully saturated rings. The summed E-state index contributed by atoms with van der Waals surface area (Å²) < 4.78 is 22.6. The molecule has 0 bridgehead atoms. The summed E-state index contributed by atoms with van der Waals surface area (Å²) in [5, 5.41) is 18.4. The standard InChI is InChI=1S/C22H17BrFN7O2/c1-13(33-20-6-14(23)9-28-22(20)30-32)18-7-15(24)2-3-17(18)21-19(26-4-5-27-21)11-31-10-16(8-25)29-12-31/h2-7,9-10,12-13,32H,11H2,1H3,(H,28,30)/t13-/m1/s1. The number of hydrogen-bond acceptors (Lipinski definition) is 8. The molecule has 1 aromatic carbocycles. The van der Waals surface area contributed by atoms with E-state index in [1.165, 1.54) is 24.7 Å². The minimum Gasteiger partial charge on any atom is -0.482 e. The lowest BCUT2D eigenvalue weighted by Crippen LogP contribution is -2.10. The van der Waals surface area contributed by atoms with Gasteiger partial charge in [0.05, 0.1) is 24.3 Å². The summed E-state index contributed by atoms with van der Waals surface area (Å²) in [6.45, 7) is 2.07. The number of nitrogens with one attached hydrogen (secondary N) is 1. The minimum atomic E-state index is -0.632. The molecule has 3 aromatic heterocycles. The molecular weight excluding hydrogens is 493 g/mol. The number of nitriles is 1. The molecule has 0 aliphatic heterocycles. The topological polar surface area (TPSA) is 122 Å². The van der Waals surface area contributed by atoms with Gasteiger partial charge < -0.3 is 9.30 Å². The molecule has 0 unspecified atom stereocenters. The number of imidazole rings is 1. The largest absolute Gasteiger partial charge is 0.482 e. The van der Waals surface area contributed by atoms with Crippen molar-refractivity contribution in [3.8, 4) is 23.1 Å². The van der Waals surface area contributed by atoms with Crippen LogP contribution in [0.4, 0.5) is 10.2 Å². The Bertz CT molecular complexity index is 1340. The maximum Gasteiger partial charge on any atom is 0.192 e.